The van der Waals surface area contributed by atoms with Crippen LogP contribution in [0.3, 0.4) is 0 Å². The number of hydrogen-bond acceptors (Lipinski definition) is 7. The van der Waals surface area contributed by atoms with Gasteiger partial charge in [-0.25, -0.2) is 4.98 Å². The van der Waals surface area contributed by atoms with Crippen molar-refractivity contribution in [1.82, 2.24) is 29.7 Å². The summed E-state index contributed by atoms with van der Waals surface area (Å²) in [4.78, 5) is 42.0. The molecule has 1 aliphatic heterocycles. The van der Waals surface area contributed by atoms with Crippen molar-refractivity contribution in [2.45, 2.75) is 13.5 Å². The van der Waals surface area contributed by atoms with E-state index in [2.05, 4.69) is 25.6 Å². The Kier molecular flexibility index (Phi) is 6.67. The van der Waals surface area contributed by atoms with Gasteiger partial charge < -0.3 is 15.5 Å². The SMILES string of the molecule is CNc1ncc2cc(-c3ccc(-c4cccc(C)n4)cc3Cl)c(=O)n(CC(=O)N3CCNCC3)c2n1. The van der Waals surface area contributed by atoms with Gasteiger partial charge in [-0.15, -0.1) is 0 Å². The molecule has 0 saturated carbocycles. The lowest BCUT2D eigenvalue weighted by Crippen LogP contribution is -2.48. The summed E-state index contributed by atoms with van der Waals surface area (Å²) in [5.41, 5.74) is 3.56. The fraction of sp³-hybridized carbons (Fsp3) is 0.269. The zero-order valence-corrected chi connectivity index (χ0v) is 20.8. The molecule has 1 fully saturated rings. The van der Waals surface area contributed by atoms with Crippen LogP contribution >= 0.6 is 11.6 Å². The molecule has 2 N–H and O–H groups in total. The van der Waals surface area contributed by atoms with Crippen LogP contribution in [0.5, 0.6) is 0 Å². The number of fused-ring (bicyclic) bond motifs is 1. The molecule has 5 rings (SSSR count). The van der Waals surface area contributed by atoms with E-state index in [-0.39, 0.29) is 18.0 Å². The number of nitrogens with one attached hydrogen (secondary N) is 2. The summed E-state index contributed by atoms with van der Waals surface area (Å²) in [6.45, 7) is 4.47. The van der Waals surface area contributed by atoms with Crippen LogP contribution in [0.15, 0.2) is 53.5 Å². The zero-order valence-electron chi connectivity index (χ0n) is 20.1. The molecule has 1 amide bonds. The first kappa shape index (κ1) is 23.9. The second-order valence-corrected chi connectivity index (χ2v) is 9.07. The lowest BCUT2D eigenvalue weighted by atomic mass is 10.0. The Hall–Kier alpha value is -3.82. The van der Waals surface area contributed by atoms with Gasteiger partial charge in [-0.3, -0.25) is 19.1 Å². The van der Waals surface area contributed by atoms with E-state index >= 15 is 0 Å². The standard InChI is InChI=1S/C26H26ClN7O2/c1-16-4-3-5-22(31-16)17-6-7-19(21(27)13-17)20-12-18-14-30-26(28-2)32-24(18)34(25(20)36)15-23(35)33-10-8-29-9-11-33/h3-7,12-14,29H,8-11,15H2,1-2H3,(H,28,30,32). The number of pyridine rings is 2. The average Bonchev–Trinajstić information content (AvgIpc) is 2.90. The van der Waals surface area contributed by atoms with Crippen molar-refractivity contribution in [3.8, 4) is 22.4 Å². The van der Waals surface area contributed by atoms with Gasteiger partial charge in [0.05, 0.1) is 5.69 Å². The number of hydrogen-bond donors (Lipinski definition) is 2. The van der Waals surface area contributed by atoms with Crippen molar-refractivity contribution >= 4 is 34.5 Å². The van der Waals surface area contributed by atoms with Crippen LogP contribution in [0.4, 0.5) is 5.95 Å². The number of rotatable bonds is 5. The number of carbonyl (C=O) groups is 1. The third kappa shape index (κ3) is 4.67. The highest BCUT2D eigenvalue weighted by Crippen LogP contribution is 2.31. The molecule has 0 bridgehead atoms. The van der Waals surface area contributed by atoms with E-state index in [1.54, 1.807) is 30.3 Å². The number of aryl methyl sites for hydroxylation is 1. The van der Waals surface area contributed by atoms with Crippen LogP contribution < -0.4 is 16.2 Å². The van der Waals surface area contributed by atoms with Gasteiger partial charge in [0.15, 0.2) is 0 Å². The molecule has 36 heavy (non-hydrogen) atoms. The molecule has 0 aliphatic carbocycles. The third-order valence-electron chi connectivity index (χ3n) is 6.26. The highest BCUT2D eigenvalue weighted by Gasteiger charge is 2.21. The number of aromatic nitrogens is 4. The van der Waals surface area contributed by atoms with Crippen molar-refractivity contribution in [1.29, 1.82) is 0 Å². The summed E-state index contributed by atoms with van der Waals surface area (Å²) in [6, 6.07) is 13.0. The van der Waals surface area contributed by atoms with E-state index < -0.39 is 0 Å². The Labute approximate surface area is 213 Å². The fourth-order valence-electron chi connectivity index (χ4n) is 4.37. The maximum Gasteiger partial charge on any atom is 0.260 e. The van der Waals surface area contributed by atoms with Gasteiger partial charge in [-0.05, 0) is 31.2 Å². The van der Waals surface area contributed by atoms with E-state index in [1.807, 2.05) is 37.3 Å². The molecular formula is C26H26ClN7O2. The van der Waals surface area contributed by atoms with Crippen LogP contribution in [-0.4, -0.2) is 63.6 Å². The minimum atomic E-state index is -0.338. The molecule has 3 aromatic heterocycles. The first-order chi connectivity index (χ1) is 17.4. The minimum absolute atomic E-state index is 0.119. The molecule has 9 nitrogen and oxygen atoms in total. The fourth-order valence-corrected chi connectivity index (χ4v) is 4.65. The average molecular weight is 504 g/mol. The second-order valence-electron chi connectivity index (χ2n) is 8.66. The van der Waals surface area contributed by atoms with Gasteiger partial charge in [-0.2, -0.15) is 4.98 Å². The van der Waals surface area contributed by atoms with Crippen molar-refractivity contribution in [2.24, 2.45) is 0 Å². The summed E-state index contributed by atoms with van der Waals surface area (Å²) in [5, 5.41) is 7.18. The number of nitrogens with zero attached hydrogens (tertiary/aromatic N) is 5. The molecule has 184 valence electrons. The van der Waals surface area contributed by atoms with Gasteiger partial charge in [0.2, 0.25) is 11.9 Å². The van der Waals surface area contributed by atoms with Gasteiger partial charge in [0.1, 0.15) is 12.2 Å². The largest absolute Gasteiger partial charge is 0.357 e. The van der Waals surface area contributed by atoms with Crippen molar-refractivity contribution in [3.05, 3.63) is 69.7 Å². The van der Waals surface area contributed by atoms with Gasteiger partial charge >= 0.3 is 0 Å². The summed E-state index contributed by atoms with van der Waals surface area (Å²) in [5.74, 6) is 0.236. The summed E-state index contributed by atoms with van der Waals surface area (Å²) in [6.07, 6.45) is 1.64. The molecule has 0 radical (unpaired) electrons. The Morgan fingerprint density at radius 3 is 2.64 bits per heavy atom. The highest BCUT2D eigenvalue weighted by molar-refractivity contribution is 6.33. The first-order valence-electron chi connectivity index (χ1n) is 11.8. The Balaban J connectivity index is 1.61. The maximum absolute atomic E-state index is 13.8. The molecule has 0 unspecified atom stereocenters. The number of halogens is 1. The topological polar surface area (TPSA) is 105 Å². The molecule has 1 saturated heterocycles. The minimum Gasteiger partial charge on any atom is -0.357 e. The van der Waals surface area contributed by atoms with Crippen LogP contribution in [0.25, 0.3) is 33.4 Å². The summed E-state index contributed by atoms with van der Waals surface area (Å²) >= 11 is 6.70. The summed E-state index contributed by atoms with van der Waals surface area (Å²) in [7, 11) is 1.70. The van der Waals surface area contributed by atoms with E-state index in [9.17, 15) is 9.59 Å². The van der Waals surface area contributed by atoms with Gasteiger partial charge in [0, 0.05) is 72.2 Å². The third-order valence-corrected chi connectivity index (χ3v) is 6.57. The summed E-state index contributed by atoms with van der Waals surface area (Å²) < 4.78 is 1.42. The smallest absolute Gasteiger partial charge is 0.260 e. The number of piperazine rings is 1. The predicted molar refractivity (Wildman–Crippen MR) is 141 cm³/mol. The van der Waals surface area contributed by atoms with Gasteiger partial charge in [-0.1, -0.05) is 29.8 Å². The van der Waals surface area contributed by atoms with Crippen LogP contribution in [0.2, 0.25) is 5.02 Å². The molecule has 0 spiro atoms. The lowest BCUT2D eigenvalue weighted by Gasteiger charge is -2.27. The normalized spacial score (nSPS) is 13.7. The molecule has 0 atom stereocenters. The van der Waals surface area contributed by atoms with Gasteiger partial charge in [0.25, 0.3) is 5.56 Å². The maximum atomic E-state index is 13.8. The number of amides is 1. The molecule has 10 heteroatoms. The van der Waals surface area contributed by atoms with Crippen molar-refractivity contribution in [3.63, 3.8) is 0 Å². The molecule has 4 aromatic rings. The quantitative estimate of drug-likeness (QED) is 0.431. The van der Waals surface area contributed by atoms with Crippen LogP contribution in [0, 0.1) is 6.92 Å². The van der Waals surface area contributed by atoms with E-state index in [0.717, 1.165) is 30.0 Å². The monoisotopic (exact) mass is 503 g/mol. The van der Waals surface area contributed by atoms with E-state index in [0.29, 0.717) is 46.2 Å². The molecule has 1 aromatic carbocycles. The van der Waals surface area contributed by atoms with Crippen molar-refractivity contribution in [2.75, 3.05) is 38.5 Å². The predicted octanol–water partition coefficient (Wildman–Crippen LogP) is 2.96. The molecule has 4 heterocycles. The first-order valence-corrected chi connectivity index (χ1v) is 12.1. The highest BCUT2D eigenvalue weighted by atomic mass is 35.5. The van der Waals surface area contributed by atoms with Crippen LogP contribution in [-0.2, 0) is 11.3 Å². The van der Waals surface area contributed by atoms with Crippen LogP contribution in [0.1, 0.15) is 5.69 Å². The van der Waals surface area contributed by atoms with E-state index in [1.165, 1.54) is 4.57 Å². The Morgan fingerprint density at radius 1 is 1.11 bits per heavy atom. The zero-order chi connectivity index (χ0) is 25.2. The van der Waals surface area contributed by atoms with E-state index in [4.69, 9.17) is 11.6 Å². The Morgan fingerprint density at radius 2 is 1.92 bits per heavy atom. The van der Waals surface area contributed by atoms with Crippen molar-refractivity contribution < 1.29 is 4.79 Å². The number of benzene rings is 1. The second kappa shape index (κ2) is 10.0. The number of anilines is 1. The number of carbonyl (C=O) groups excluding carboxylic acids is 1. The lowest BCUT2D eigenvalue weighted by molar-refractivity contribution is -0.132. The molecular weight excluding hydrogens is 478 g/mol. The Bertz CT molecular complexity index is 1510. The molecule has 1 aliphatic rings.